The molecule has 0 bridgehead atoms. The molecule has 1 atom stereocenters. The van der Waals surface area contributed by atoms with Crippen LogP contribution in [0, 0.1) is 5.92 Å². The lowest BCUT2D eigenvalue weighted by Gasteiger charge is -2.22. The molecule has 1 aromatic heterocycles. The molecule has 1 saturated heterocycles. The molecule has 2 aliphatic rings. The van der Waals surface area contributed by atoms with E-state index in [4.69, 9.17) is 9.47 Å². The van der Waals surface area contributed by atoms with E-state index < -0.39 is 5.92 Å². The van der Waals surface area contributed by atoms with Crippen molar-refractivity contribution >= 4 is 23.3 Å². The van der Waals surface area contributed by atoms with Crippen molar-refractivity contribution in [2.24, 2.45) is 5.92 Å². The zero-order valence-corrected chi connectivity index (χ0v) is 16.9. The van der Waals surface area contributed by atoms with E-state index in [2.05, 4.69) is 10.4 Å². The predicted octanol–water partition coefficient (Wildman–Crippen LogP) is 2.69. The number of fused-ring (bicyclic) bond motifs is 1. The number of anilines is 2. The first kappa shape index (κ1) is 19.2. The van der Waals surface area contributed by atoms with Crippen LogP contribution in [0.2, 0.25) is 0 Å². The van der Waals surface area contributed by atoms with Crippen LogP contribution in [0.4, 0.5) is 11.5 Å². The molecule has 1 fully saturated rings. The van der Waals surface area contributed by atoms with E-state index in [0.29, 0.717) is 49.3 Å². The minimum atomic E-state index is -0.444. The Morgan fingerprint density at radius 3 is 2.71 bits per heavy atom. The molecule has 1 N–H and O–H groups in total. The fourth-order valence-electron chi connectivity index (χ4n) is 3.88. The van der Waals surface area contributed by atoms with Gasteiger partial charge in [0.1, 0.15) is 19.0 Å². The molecule has 31 heavy (non-hydrogen) atoms. The van der Waals surface area contributed by atoms with Gasteiger partial charge in [-0.1, -0.05) is 30.3 Å². The molecule has 0 radical (unpaired) electrons. The van der Waals surface area contributed by atoms with Crippen LogP contribution in [0.5, 0.6) is 11.5 Å². The van der Waals surface area contributed by atoms with Gasteiger partial charge >= 0.3 is 0 Å². The van der Waals surface area contributed by atoms with Crippen molar-refractivity contribution in [1.82, 2.24) is 9.78 Å². The molecule has 158 valence electrons. The quantitative estimate of drug-likeness (QED) is 0.689. The summed E-state index contributed by atoms with van der Waals surface area (Å²) in [7, 11) is 0. The molecule has 0 saturated carbocycles. The number of carbonyl (C=O) groups excluding carboxylic acids is 2. The smallest absolute Gasteiger partial charge is 0.230 e. The fourth-order valence-corrected chi connectivity index (χ4v) is 3.88. The second kappa shape index (κ2) is 8.14. The second-order valence-electron chi connectivity index (χ2n) is 7.58. The summed E-state index contributed by atoms with van der Waals surface area (Å²) < 4.78 is 12.9. The van der Waals surface area contributed by atoms with Crippen LogP contribution in [-0.2, 0) is 16.1 Å². The van der Waals surface area contributed by atoms with E-state index in [1.165, 1.54) is 0 Å². The Morgan fingerprint density at radius 1 is 1.06 bits per heavy atom. The van der Waals surface area contributed by atoms with Gasteiger partial charge in [-0.3, -0.25) is 9.59 Å². The molecule has 8 nitrogen and oxygen atoms in total. The Hall–Kier alpha value is -3.81. The highest BCUT2D eigenvalue weighted by Crippen LogP contribution is 2.36. The SMILES string of the molecule is O=C(Nc1ccnn1Cc1ccccc1)[C@@H]1CC(=O)N(c2ccc3c(c2)OCCO3)C1. The molecule has 2 amide bonds. The van der Waals surface area contributed by atoms with E-state index in [9.17, 15) is 9.59 Å². The van der Waals surface area contributed by atoms with Crippen LogP contribution in [0.25, 0.3) is 0 Å². The van der Waals surface area contributed by atoms with Crippen molar-refractivity contribution in [3.63, 3.8) is 0 Å². The molecule has 8 heteroatoms. The summed E-state index contributed by atoms with van der Waals surface area (Å²) >= 11 is 0. The van der Waals surface area contributed by atoms with E-state index in [1.54, 1.807) is 34.0 Å². The molecule has 2 aliphatic heterocycles. The first-order chi connectivity index (χ1) is 15.2. The third kappa shape index (κ3) is 3.96. The molecule has 0 unspecified atom stereocenters. The Kier molecular flexibility index (Phi) is 5.03. The van der Waals surface area contributed by atoms with Gasteiger partial charge in [0, 0.05) is 30.8 Å². The third-order valence-corrected chi connectivity index (χ3v) is 5.48. The number of nitrogens with zero attached hydrogens (tertiary/aromatic N) is 3. The van der Waals surface area contributed by atoms with Gasteiger partial charge < -0.3 is 19.7 Å². The monoisotopic (exact) mass is 418 g/mol. The number of nitrogens with one attached hydrogen (secondary N) is 1. The summed E-state index contributed by atoms with van der Waals surface area (Å²) in [6.45, 7) is 1.86. The molecule has 3 heterocycles. The molecule has 3 aromatic rings. The Morgan fingerprint density at radius 2 is 1.87 bits per heavy atom. The summed E-state index contributed by atoms with van der Waals surface area (Å²) in [4.78, 5) is 27.1. The van der Waals surface area contributed by atoms with Gasteiger partial charge in [0.05, 0.1) is 18.7 Å². The Bertz CT molecular complexity index is 1110. The molecule has 0 aliphatic carbocycles. The number of carbonyl (C=O) groups is 2. The van der Waals surface area contributed by atoms with Gasteiger partial charge in [0.2, 0.25) is 11.8 Å². The molecule has 2 aromatic carbocycles. The highest BCUT2D eigenvalue weighted by molar-refractivity contribution is 6.03. The lowest BCUT2D eigenvalue weighted by Crippen LogP contribution is -2.29. The average Bonchev–Trinajstić information content (AvgIpc) is 3.40. The van der Waals surface area contributed by atoms with Gasteiger partial charge in [-0.25, -0.2) is 4.68 Å². The van der Waals surface area contributed by atoms with Crippen molar-refractivity contribution in [2.75, 3.05) is 30.0 Å². The number of rotatable bonds is 5. The zero-order chi connectivity index (χ0) is 21.2. The van der Waals surface area contributed by atoms with Gasteiger partial charge in [-0.2, -0.15) is 5.10 Å². The number of aromatic nitrogens is 2. The van der Waals surface area contributed by atoms with Crippen molar-refractivity contribution in [2.45, 2.75) is 13.0 Å². The number of benzene rings is 2. The molecule has 0 spiro atoms. The normalized spacial score (nSPS) is 17.6. The van der Waals surface area contributed by atoms with E-state index in [-0.39, 0.29) is 18.2 Å². The maximum absolute atomic E-state index is 12.9. The van der Waals surface area contributed by atoms with Crippen LogP contribution in [-0.4, -0.2) is 41.4 Å². The number of amides is 2. The molecular weight excluding hydrogens is 396 g/mol. The maximum Gasteiger partial charge on any atom is 0.230 e. The Balaban J connectivity index is 1.27. The fraction of sp³-hybridized carbons (Fsp3) is 0.261. The van der Waals surface area contributed by atoms with Gasteiger partial charge in [-0.05, 0) is 17.7 Å². The van der Waals surface area contributed by atoms with E-state index in [1.807, 2.05) is 36.4 Å². The lowest BCUT2D eigenvalue weighted by atomic mass is 10.1. The molecular formula is C23H22N4O4. The van der Waals surface area contributed by atoms with Crippen molar-refractivity contribution in [1.29, 1.82) is 0 Å². The average molecular weight is 418 g/mol. The number of ether oxygens (including phenoxy) is 2. The van der Waals surface area contributed by atoms with Crippen molar-refractivity contribution < 1.29 is 19.1 Å². The summed E-state index contributed by atoms with van der Waals surface area (Å²) in [5.41, 5.74) is 1.79. The van der Waals surface area contributed by atoms with Crippen molar-refractivity contribution in [3.8, 4) is 11.5 Å². The summed E-state index contributed by atoms with van der Waals surface area (Å²) in [5, 5.41) is 7.24. The van der Waals surface area contributed by atoms with Crippen LogP contribution in [0.1, 0.15) is 12.0 Å². The summed E-state index contributed by atoms with van der Waals surface area (Å²) in [6, 6.07) is 17.1. The Labute approximate surface area is 179 Å². The zero-order valence-electron chi connectivity index (χ0n) is 16.9. The largest absolute Gasteiger partial charge is 0.486 e. The maximum atomic E-state index is 12.9. The topological polar surface area (TPSA) is 85.7 Å². The number of hydrogen-bond acceptors (Lipinski definition) is 5. The standard InChI is InChI=1S/C23H22N4O4/c28-22-12-17(15-26(22)18-6-7-19-20(13-18)31-11-10-30-19)23(29)25-21-8-9-24-27(21)14-16-4-2-1-3-5-16/h1-9,13,17H,10-12,14-15H2,(H,25,29)/t17-/m1/s1. The summed E-state index contributed by atoms with van der Waals surface area (Å²) in [5.74, 6) is 1.18. The van der Waals surface area contributed by atoms with Crippen molar-refractivity contribution in [3.05, 3.63) is 66.4 Å². The van der Waals surface area contributed by atoms with Gasteiger partial charge in [0.15, 0.2) is 11.5 Å². The first-order valence-corrected chi connectivity index (χ1v) is 10.2. The third-order valence-electron chi connectivity index (χ3n) is 5.48. The summed E-state index contributed by atoms with van der Waals surface area (Å²) in [6.07, 6.45) is 1.81. The molecule has 5 rings (SSSR count). The van der Waals surface area contributed by atoms with Gasteiger partial charge in [0.25, 0.3) is 0 Å². The minimum Gasteiger partial charge on any atom is -0.486 e. The first-order valence-electron chi connectivity index (χ1n) is 10.2. The second-order valence-corrected chi connectivity index (χ2v) is 7.58. The highest BCUT2D eigenvalue weighted by atomic mass is 16.6. The van der Waals surface area contributed by atoms with Crippen LogP contribution in [0.3, 0.4) is 0 Å². The van der Waals surface area contributed by atoms with Crippen LogP contribution >= 0.6 is 0 Å². The highest BCUT2D eigenvalue weighted by Gasteiger charge is 2.36. The number of hydrogen-bond donors (Lipinski definition) is 1. The van der Waals surface area contributed by atoms with Gasteiger partial charge in [-0.15, -0.1) is 0 Å². The lowest BCUT2D eigenvalue weighted by molar-refractivity contribution is -0.122. The predicted molar refractivity (Wildman–Crippen MR) is 114 cm³/mol. The van der Waals surface area contributed by atoms with Crippen LogP contribution in [0.15, 0.2) is 60.8 Å². The van der Waals surface area contributed by atoms with E-state index in [0.717, 1.165) is 5.56 Å². The minimum absolute atomic E-state index is 0.0883. The van der Waals surface area contributed by atoms with Crippen LogP contribution < -0.4 is 19.7 Å². The van der Waals surface area contributed by atoms with E-state index >= 15 is 0 Å².